The topological polar surface area (TPSA) is 29.5 Å². The minimum absolute atomic E-state index is 0.0407. The van der Waals surface area contributed by atoms with Crippen LogP contribution in [0.3, 0.4) is 0 Å². The molecule has 0 saturated carbocycles. The number of amides is 1. The smallest absolute Gasteiger partial charge is 0.255 e. The number of rotatable bonds is 1. The maximum atomic E-state index is 13.2. The molecule has 1 atom stereocenters. The lowest BCUT2D eigenvalue weighted by Gasteiger charge is -2.31. The first-order valence-electron chi connectivity index (χ1n) is 5.44. The van der Waals surface area contributed by atoms with Gasteiger partial charge in [-0.1, -0.05) is 0 Å². The molecule has 1 aromatic carbocycles. The van der Waals surface area contributed by atoms with Gasteiger partial charge in [-0.25, -0.2) is 4.39 Å². The average Bonchev–Trinajstić information content (AvgIpc) is 2.31. The molecule has 0 N–H and O–H groups in total. The number of carbonyl (C=O) groups is 1. The van der Waals surface area contributed by atoms with Crippen LogP contribution in [-0.4, -0.2) is 36.6 Å². The highest BCUT2D eigenvalue weighted by Crippen LogP contribution is 2.17. The first-order chi connectivity index (χ1) is 8.08. The Morgan fingerprint density at radius 3 is 3.06 bits per heavy atom. The second-order valence-corrected chi connectivity index (χ2v) is 5.22. The normalized spacial score (nSPS) is 20.4. The van der Waals surface area contributed by atoms with E-state index in [0.717, 1.165) is 3.57 Å². The molecule has 0 spiro atoms. The van der Waals surface area contributed by atoms with Crippen LogP contribution in [0.15, 0.2) is 18.2 Å². The number of halogens is 2. The van der Waals surface area contributed by atoms with Crippen molar-refractivity contribution in [2.45, 2.75) is 13.0 Å². The van der Waals surface area contributed by atoms with Gasteiger partial charge in [-0.3, -0.25) is 4.79 Å². The van der Waals surface area contributed by atoms with Crippen molar-refractivity contribution in [3.63, 3.8) is 0 Å². The van der Waals surface area contributed by atoms with E-state index < -0.39 is 0 Å². The summed E-state index contributed by atoms with van der Waals surface area (Å²) in [4.78, 5) is 13.9. The van der Waals surface area contributed by atoms with Crippen LogP contribution in [0.2, 0.25) is 0 Å². The highest BCUT2D eigenvalue weighted by atomic mass is 127. The van der Waals surface area contributed by atoms with E-state index in [9.17, 15) is 9.18 Å². The van der Waals surface area contributed by atoms with Crippen molar-refractivity contribution in [3.8, 4) is 0 Å². The third kappa shape index (κ3) is 2.95. The molecule has 0 bridgehead atoms. The van der Waals surface area contributed by atoms with Crippen LogP contribution in [-0.2, 0) is 4.74 Å². The van der Waals surface area contributed by atoms with E-state index in [1.54, 1.807) is 11.0 Å². The molecule has 1 heterocycles. The van der Waals surface area contributed by atoms with Gasteiger partial charge in [-0.05, 0) is 47.7 Å². The standard InChI is InChI=1S/C12H13FINO2/c1-8-7-15(4-5-17-8)12(16)10-6-9(13)2-3-11(10)14/h2-3,6,8H,4-5,7H2,1H3/t8-/m0/s1. The molecule has 17 heavy (non-hydrogen) atoms. The molecule has 0 radical (unpaired) electrons. The summed E-state index contributed by atoms with van der Waals surface area (Å²) in [5.74, 6) is -0.501. The van der Waals surface area contributed by atoms with E-state index in [0.29, 0.717) is 25.3 Å². The molecule has 1 fully saturated rings. The third-order valence-corrected chi connectivity index (χ3v) is 3.63. The molecular weight excluding hydrogens is 336 g/mol. The Morgan fingerprint density at radius 1 is 1.59 bits per heavy atom. The summed E-state index contributed by atoms with van der Waals surface area (Å²) in [6, 6.07) is 4.28. The molecule has 1 aliphatic rings. The summed E-state index contributed by atoms with van der Waals surface area (Å²) in [5.41, 5.74) is 0.430. The van der Waals surface area contributed by atoms with E-state index >= 15 is 0 Å². The number of carbonyl (C=O) groups excluding carboxylic acids is 1. The van der Waals surface area contributed by atoms with Crippen molar-refractivity contribution in [1.82, 2.24) is 4.90 Å². The van der Waals surface area contributed by atoms with Gasteiger partial charge in [0.25, 0.3) is 5.91 Å². The Kier molecular flexibility index (Phi) is 3.98. The molecule has 5 heteroatoms. The summed E-state index contributed by atoms with van der Waals surface area (Å²) in [6.45, 7) is 3.59. The summed E-state index contributed by atoms with van der Waals surface area (Å²) in [6.07, 6.45) is 0.0407. The van der Waals surface area contributed by atoms with Gasteiger partial charge in [0.15, 0.2) is 0 Å². The Hall–Kier alpha value is -0.690. The predicted octanol–water partition coefficient (Wildman–Crippen LogP) is 2.29. The van der Waals surface area contributed by atoms with Crippen LogP contribution in [0, 0.1) is 9.39 Å². The van der Waals surface area contributed by atoms with E-state index in [1.807, 2.05) is 29.5 Å². The summed E-state index contributed by atoms with van der Waals surface area (Å²) in [5, 5.41) is 0. The van der Waals surface area contributed by atoms with Gasteiger partial charge in [-0.2, -0.15) is 0 Å². The van der Waals surface area contributed by atoms with Crippen LogP contribution in [0.4, 0.5) is 4.39 Å². The molecule has 0 unspecified atom stereocenters. The minimum atomic E-state index is -0.380. The SMILES string of the molecule is C[C@H]1CN(C(=O)c2cc(F)ccc2I)CCO1. The zero-order valence-electron chi connectivity index (χ0n) is 9.45. The number of morpholine rings is 1. The molecular formula is C12H13FINO2. The monoisotopic (exact) mass is 349 g/mol. The van der Waals surface area contributed by atoms with E-state index in [2.05, 4.69) is 0 Å². The van der Waals surface area contributed by atoms with E-state index in [-0.39, 0.29) is 17.8 Å². The molecule has 3 nitrogen and oxygen atoms in total. The lowest BCUT2D eigenvalue weighted by atomic mass is 10.1. The maximum Gasteiger partial charge on any atom is 0.255 e. The maximum absolute atomic E-state index is 13.2. The number of nitrogens with zero attached hydrogens (tertiary/aromatic N) is 1. The van der Waals surface area contributed by atoms with Crippen molar-refractivity contribution >= 4 is 28.5 Å². The molecule has 1 saturated heterocycles. The second-order valence-electron chi connectivity index (χ2n) is 4.06. The Balaban J connectivity index is 2.21. The zero-order chi connectivity index (χ0) is 12.4. The van der Waals surface area contributed by atoms with Crippen molar-refractivity contribution in [1.29, 1.82) is 0 Å². The molecule has 2 rings (SSSR count). The zero-order valence-corrected chi connectivity index (χ0v) is 11.6. The first-order valence-corrected chi connectivity index (χ1v) is 6.51. The third-order valence-electron chi connectivity index (χ3n) is 2.69. The minimum Gasteiger partial charge on any atom is -0.375 e. The number of ether oxygens (including phenoxy) is 1. The van der Waals surface area contributed by atoms with Gasteiger partial charge in [-0.15, -0.1) is 0 Å². The summed E-state index contributed by atoms with van der Waals surface area (Å²) >= 11 is 2.05. The Morgan fingerprint density at radius 2 is 2.35 bits per heavy atom. The van der Waals surface area contributed by atoms with Crippen LogP contribution in [0.5, 0.6) is 0 Å². The van der Waals surface area contributed by atoms with Crippen molar-refractivity contribution in [2.75, 3.05) is 19.7 Å². The van der Waals surface area contributed by atoms with Crippen molar-refractivity contribution in [2.24, 2.45) is 0 Å². The van der Waals surface area contributed by atoms with Gasteiger partial charge in [0, 0.05) is 16.7 Å². The van der Waals surface area contributed by atoms with E-state index in [4.69, 9.17) is 4.74 Å². The lowest BCUT2D eigenvalue weighted by Crippen LogP contribution is -2.44. The fourth-order valence-corrected chi connectivity index (χ4v) is 2.40. The average molecular weight is 349 g/mol. The van der Waals surface area contributed by atoms with Crippen molar-refractivity contribution < 1.29 is 13.9 Å². The number of benzene rings is 1. The van der Waals surface area contributed by atoms with Gasteiger partial charge < -0.3 is 9.64 Å². The summed E-state index contributed by atoms with van der Waals surface area (Å²) < 4.78 is 19.3. The Labute approximate surface area is 113 Å². The quantitative estimate of drug-likeness (QED) is 0.729. The van der Waals surface area contributed by atoms with Crippen LogP contribution >= 0.6 is 22.6 Å². The molecule has 1 aromatic rings. The molecule has 1 amide bonds. The van der Waals surface area contributed by atoms with Crippen molar-refractivity contribution in [3.05, 3.63) is 33.1 Å². The molecule has 0 aromatic heterocycles. The number of hydrogen-bond donors (Lipinski definition) is 0. The molecule has 92 valence electrons. The van der Waals surface area contributed by atoms with Gasteiger partial charge in [0.05, 0.1) is 18.3 Å². The van der Waals surface area contributed by atoms with Gasteiger partial charge in [0.1, 0.15) is 5.82 Å². The van der Waals surface area contributed by atoms with Crippen LogP contribution in [0.1, 0.15) is 17.3 Å². The van der Waals surface area contributed by atoms with E-state index in [1.165, 1.54) is 12.1 Å². The molecule has 1 aliphatic heterocycles. The van der Waals surface area contributed by atoms with Crippen LogP contribution < -0.4 is 0 Å². The highest BCUT2D eigenvalue weighted by molar-refractivity contribution is 14.1. The first kappa shape index (κ1) is 12.8. The second kappa shape index (κ2) is 5.30. The summed E-state index contributed by atoms with van der Waals surface area (Å²) in [7, 11) is 0. The largest absolute Gasteiger partial charge is 0.375 e. The molecule has 0 aliphatic carbocycles. The van der Waals surface area contributed by atoms with Gasteiger partial charge >= 0.3 is 0 Å². The van der Waals surface area contributed by atoms with Crippen LogP contribution in [0.25, 0.3) is 0 Å². The fraction of sp³-hybridized carbons (Fsp3) is 0.417. The predicted molar refractivity (Wildman–Crippen MR) is 70.4 cm³/mol. The number of hydrogen-bond acceptors (Lipinski definition) is 2. The lowest BCUT2D eigenvalue weighted by molar-refractivity contribution is -0.0124. The highest BCUT2D eigenvalue weighted by Gasteiger charge is 2.24. The van der Waals surface area contributed by atoms with Gasteiger partial charge in [0.2, 0.25) is 0 Å². The fourth-order valence-electron chi connectivity index (χ4n) is 1.83. The Bertz CT molecular complexity index is 439.